The highest BCUT2D eigenvalue weighted by molar-refractivity contribution is 6.66. The molecule has 1 unspecified atom stereocenters. The lowest BCUT2D eigenvalue weighted by Gasteiger charge is -2.46. The molecule has 1 heterocycles. The molecule has 0 saturated heterocycles. The number of nitrogens with zero attached hydrogens (tertiary/aromatic N) is 4. The second kappa shape index (κ2) is 6.78. The van der Waals surface area contributed by atoms with Gasteiger partial charge in [-0.25, -0.2) is 4.99 Å². The van der Waals surface area contributed by atoms with Crippen LogP contribution < -0.4 is 5.73 Å². The molecule has 1 amide bonds. The van der Waals surface area contributed by atoms with Gasteiger partial charge in [0.15, 0.2) is 5.41 Å². The molecule has 2 N–H and O–H groups in total. The van der Waals surface area contributed by atoms with E-state index in [4.69, 9.17) is 22.2 Å². The van der Waals surface area contributed by atoms with Crippen molar-refractivity contribution in [3.8, 4) is 12.1 Å². The zero-order valence-corrected chi connectivity index (χ0v) is 14.5. The van der Waals surface area contributed by atoms with Gasteiger partial charge in [0.1, 0.15) is 11.1 Å². The highest BCUT2D eigenvalue weighted by Crippen LogP contribution is 2.52. The van der Waals surface area contributed by atoms with Crippen molar-refractivity contribution in [2.24, 2.45) is 32.6 Å². The van der Waals surface area contributed by atoms with Gasteiger partial charge >= 0.3 is 0 Å². The molecule has 3 atom stereocenters. The molecule has 8 heteroatoms. The molecular formula is C16H20ClN5O2. The molecule has 0 aromatic rings. The molecule has 2 aliphatic rings. The van der Waals surface area contributed by atoms with Crippen molar-refractivity contribution in [3.63, 3.8) is 0 Å². The van der Waals surface area contributed by atoms with Crippen LogP contribution in [0.5, 0.6) is 0 Å². The topological polar surface area (TPSA) is 125 Å². The number of oxime groups is 1. The van der Waals surface area contributed by atoms with E-state index in [1.54, 1.807) is 13.8 Å². The first-order chi connectivity index (χ1) is 11.3. The zero-order chi connectivity index (χ0) is 18.0. The van der Waals surface area contributed by atoms with Crippen molar-refractivity contribution in [3.05, 3.63) is 0 Å². The molecule has 128 valence electrons. The third-order valence-corrected chi connectivity index (χ3v) is 5.27. The molecule has 0 bridgehead atoms. The number of rotatable bonds is 3. The van der Waals surface area contributed by atoms with E-state index in [2.05, 4.69) is 10.1 Å². The maximum atomic E-state index is 12.1. The fourth-order valence-electron chi connectivity index (χ4n) is 3.30. The van der Waals surface area contributed by atoms with Gasteiger partial charge in [0.25, 0.3) is 0 Å². The second-order valence-electron chi connectivity index (χ2n) is 6.70. The van der Waals surface area contributed by atoms with Gasteiger partial charge in [-0.05, 0) is 25.7 Å². The lowest BCUT2D eigenvalue weighted by molar-refractivity contribution is -0.142. The Balaban J connectivity index is 2.43. The molecule has 1 fully saturated rings. The number of nitrogens with two attached hydrogens (primary N) is 1. The minimum atomic E-state index is -1.85. The quantitative estimate of drug-likeness (QED) is 0.785. The van der Waals surface area contributed by atoms with E-state index in [0.717, 1.165) is 31.4 Å². The summed E-state index contributed by atoms with van der Waals surface area (Å²) in [7, 11) is 0. The fourth-order valence-corrected chi connectivity index (χ4v) is 3.60. The van der Waals surface area contributed by atoms with Crippen LogP contribution in [0.2, 0.25) is 0 Å². The summed E-state index contributed by atoms with van der Waals surface area (Å²) in [6.45, 7) is 3.23. The summed E-state index contributed by atoms with van der Waals surface area (Å²) >= 11 is 6.07. The van der Waals surface area contributed by atoms with Crippen LogP contribution in [0.4, 0.5) is 0 Å². The summed E-state index contributed by atoms with van der Waals surface area (Å²) in [6.07, 6.45) is 4.01. The lowest BCUT2D eigenvalue weighted by Crippen LogP contribution is -2.60. The number of primary amides is 1. The predicted octanol–water partition coefficient (Wildman–Crippen LogP) is 2.46. The SMILES string of the molecule is CC1(C)[C@H](ON=C2CCCCC2)N=C(Cl)C(C#N)[C@]1(C#N)C(N)=O. The highest BCUT2D eigenvalue weighted by atomic mass is 35.5. The Hall–Kier alpha value is -2.12. The van der Waals surface area contributed by atoms with E-state index in [1.165, 1.54) is 6.42 Å². The van der Waals surface area contributed by atoms with Gasteiger partial charge in [-0.3, -0.25) is 4.79 Å². The van der Waals surface area contributed by atoms with Gasteiger partial charge in [0, 0.05) is 0 Å². The molecule has 1 aliphatic heterocycles. The normalized spacial score (nSPS) is 32.0. The van der Waals surface area contributed by atoms with Crippen LogP contribution in [0.3, 0.4) is 0 Å². The van der Waals surface area contributed by atoms with Gasteiger partial charge in [-0.15, -0.1) is 0 Å². The Morgan fingerprint density at radius 1 is 1.38 bits per heavy atom. The number of carbonyl (C=O) groups excluding carboxylic acids is 1. The van der Waals surface area contributed by atoms with Crippen LogP contribution in [0, 0.1) is 39.4 Å². The average molecular weight is 350 g/mol. The van der Waals surface area contributed by atoms with Crippen LogP contribution in [-0.4, -0.2) is 23.0 Å². The van der Waals surface area contributed by atoms with E-state index < -0.39 is 28.9 Å². The number of aliphatic imine (C=N–C) groups is 1. The Morgan fingerprint density at radius 3 is 2.50 bits per heavy atom. The lowest BCUT2D eigenvalue weighted by atomic mass is 9.57. The van der Waals surface area contributed by atoms with Crippen molar-refractivity contribution in [2.75, 3.05) is 0 Å². The minimum absolute atomic E-state index is 0.161. The molecule has 0 aromatic carbocycles. The second-order valence-corrected chi connectivity index (χ2v) is 7.08. The number of nitriles is 2. The third-order valence-electron chi connectivity index (χ3n) is 4.95. The first kappa shape index (κ1) is 18.2. The summed E-state index contributed by atoms with van der Waals surface area (Å²) in [5, 5.41) is 23.1. The van der Waals surface area contributed by atoms with Crippen molar-refractivity contribution in [2.45, 2.75) is 52.2 Å². The summed E-state index contributed by atoms with van der Waals surface area (Å²) in [4.78, 5) is 21.9. The molecule has 0 spiro atoms. The Labute approximate surface area is 146 Å². The molecular weight excluding hydrogens is 330 g/mol. The first-order valence-electron chi connectivity index (χ1n) is 7.86. The smallest absolute Gasteiger partial charge is 0.240 e. The van der Waals surface area contributed by atoms with E-state index in [1.807, 2.05) is 12.1 Å². The molecule has 0 radical (unpaired) electrons. The van der Waals surface area contributed by atoms with Gasteiger partial charge in [-0.2, -0.15) is 10.5 Å². The number of halogens is 1. The summed E-state index contributed by atoms with van der Waals surface area (Å²) < 4.78 is 0. The highest BCUT2D eigenvalue weighted by Gasteiger charge is 2.64. The van der Waals surface area contributed by atoms with Gasteiger partial charge < -0.3 is 10.6 Å². The van der Waals surface area contributed by atoms with Gasteiger partial charge in [0.05, 0.1) is 23.3 Å². The number of hydrogen-bond acceptors (Lipinski definition) is 6. The van der Waals surface area contributed by atoms with Crippen LogP contribution in [0.25, 0.3) is 0 Å². The minimum Gasteiger partial charge on any atom is -0.368 e. The number of carbonyl (C=O) groups is 1. The number of hydrogen-bond donors (Lipinski definition) is 1. The van der Waals surface area contributed by atoms with Crippen LogP contribution in [-0.2, 0) is 9.63 Å². The predicted molar refractivity (Wildman–Crippen MR) is 88.8 cm³/mol. The van der Waals surface area contributed by atoms with E-state index in [-0.39, 0.29) is 5.17 Å². The van der Waals surface area contributed by atoms with Crippen LogP contribution in [0.1, 0.15) is 46.0 Å². The van der Waals surface area contributed by atoms with E-state index >= 15 is 0 Å². The zero-order valence-electron chi connectivity index (χ0n) is 13.8. The average Bonchev–Trinajstić information content (AvgIpc) is 2.55. The van der Waals surface area contributed by atoms with Crippen molar-refractivity contribution in [1.29, 1.82) is 10.5 Å². The van der Waals surface area contributed by atoms with Crippen molar-refractivity contribution < 1.29 is 9.63 Å². The summed E-state index contributed by atoms with van der Waals surface area (Å²) in [5.41, 5.74) is 3.40. The largest absolute Gasteiger partial charge is 0.368 e. The molecule has 7 nitrogen and oxygen atoms in total. The Bertz CT molecular complexity index is 665. The molecule has 1 aliphatic carbocycles. The van der Waals surface area contributed by atoms with E-state index in [0.29, 0.717) is 0 Å². The molecule has 2 rings (SSSR count). The summed E-state index contributed by atoms with van der Waals surface area (Å²) in [5.74, 6) is -2.16. The fraction of sp³-hybridized carbons (Fsp3) is 0.688. The van der Waals surface area contributed by atoms with E-state index in [9.17, 15) is 15.3 Å². The van der Waals surface area contributed by atoms with Gasteiger partial charge in [0.2, 0.25) is 12.1 Å². The first-order valence-corrected chi connectivity index (χ1v) is 8.24. The Kier molecular flexibility index (Phi) is 5.15. The Morgan fingerprint density at radius 2 is 2.00 bits per heavy atom. The molecule has 24 heavy (non-hydrogen) atoms. The van der Waals surface area contributed by atoms with Crippen molar-refractivity contribution in [1.82, 2.24) is 0 Å². The maximum absolute atomic E-state index is 12.1. The van der Waals surface area contributed by atoms with Crippen LogP contribution >= 0.6 is 11.6 Å². The molecule has 1 saturated carbocycles. The standard InChI is InChI=1S/C16H20ClN5O2/c1-15(2)14(24-22-10-6-4-3-5-7-10)21-12(17)11(8-18)16(15,9-19)13(20)23/h11,14H,3-7H2,1-2H3,(H2,20,23)/t11?,14-,16+/m0/s1. The third kappa shape index (κ3) is 2.74. The summed E-state index contributed by atoms with van der Waals surface area (Å²) in [6, 6.07) is 3.80. The number of amides is 1. The maximum Gasteiger partial charge on any atom is 0.240 e. The monoisotopic (exact) mass is 349 g/mol. The van der Waals surface area contributed by atoms with Crippen molar-refractivity contribution >= 4 is 28.4 Å². The van der Waals surface area contributed by atoms with Gasteiger partial charge in [-0.1, -0.05) is 37.0 Å². The van der Waals surface area contributed by atoms with Crippen LogP contribution in [0.15, 0.2) is 10.1 Å². The molecule has 0 aromatic heterocycles.